The van der Waals surface area contributed by atoms with Crippen molar-refractivity contribution in [3.05, 3.63) is 22.2 Å². The van der Waals surface area contributed by atoms with Gasteiger partial charge >= 0.3 is 0 Å². The van der Waals surface area contributed by atoms with Gasteiger partial charge in [-0.2, -0.15) is 0 Å². The number of thiazole rings is 1. The van der Waals surface area contributed by atoms with E-state index in [2.05, 4.69) is 16.4 Å². The molecule has 1 aliphatic carbocycles. The predicted molar refractivity (Wildman–Crippen MR) is 57.3 cm³/mol. The lowest BCUT2D eigenvalue weighted by Gasteiger charge is -2.12. The molecule has 74 valence electrons. The standard InChI is InChI=1S/C11H13NOS/c1-2-6-13-10(3-1)9-7-14-11(12-9)8-4-5-8/h3,7-8H,1-2,4-6H2. The number of rotatable bonds is 2. The van der Waals surface area contributed by atoms with Gasteiger partial charge in [0.2, 0.25) is 0 Å². The Kier molecular flexibility index (Phi) is 2.05. The molecule has 2 nitrogen and oxygen atoms in total. The summed E-state index contributed by atoms with van der Waals surface area (Å²) in [6, 6.07) is 0. The first-order valence-electron chi connectivity index (χ1n) is 5.22. The molecule has 1 fully saturated rings. The Balaban J connectivity index is 1.84. The van der Waals surface area contributed by atoms with E-state index in [0.29, 0.717) is 0 Å². The molecule has 0 N–H and O–H groups in total. The molecular formula is C11H13NOS. The fourth-order valence-corrected chi connectivity index (χ4v) is 2.64. The summed E-state index contributed by atoms with van der Waals surface area (Å²) in [6.07, 6.45) is 7.09. The third-order valence-electron chi connectivity index (χ3n) is 2.64. The maximum atomic E-state index is 5.58. The summed E-state index contributed by atoms with van der Waals surface area (Å²) in [4.78, 5) is 4.62. The van der Waals surface area contributed by atoms with Gasteiger partial charge in [-0.15, -0.1) is 11.3 Å². The van der Waals surface area contributed by atoms with Gasteiger partial charge in [0.25, 0.3) is 0 Å². The van der Waals surface area contributed by atoms with Crippen LogP contribution in [0.4, 0.5) is 0 Å². The zero-order valence-corrected chi connectivity index (χ0v) is 8.85. The summed E-state index contributed by atoms with van der Waals surface area (Å²) in [6.45, 7) is 0.849. The molecule has 14 heavy (non-hydrogen) atoms. The molecule has 0 atom stereocenters. The predicted octanol–water partition coefficient (Wildman–Crippen LogP) is 3.17. The number of hydrogen-bond donors (Lipinski definition) is 0. The monoisotopic (exact) mass is 207 g/mol. The second kappa shape index (κ2) is 3.39. The molecule has 0 radical (unpaired) electrons. The second-order valence-electron chi connectivity index (χ2n) is 3.90. The molecule has 1 aliphatic heterocycles. The van der Waals surface area contributed by atoms with Crippen molar-refractivity contribution in [2.45, 2.75) is 31.6 Å². The minimum absolute atomic E-state index is 0.762. The van der Waals surface area contributed by atoms with Crippen molar-refractivity contribution in [3.63, 3.8) is 0 Å². The average Bonchev–Trinajstić information content (AvgIpc) is 2.98. The van der Waals surface area contributed by atoms with Crippen LogP contribution in [0.3, 0.4) is 0 Å². The molecule has 1 aromatic heterocycles. The zero-order valence-electron chi connectivity index (χ0n) is 8.03. The molecular weight excluding hydrogens is 194 g/mol. The molecule has 0 bridgehead atoms. The Bertz CT molecular complexity index is 365. The highest BCUT2D eigenvalue weighted by Gasteiger charge is 2.27. The lowest BCUT2D eigenvalue weighted by molar-refractivity contribution is 0.257. The Hall–Kier alpha value is -0.830. The Labute approximate surface area is 87.6 Å². The fraction of sp³-hybridized carbons (Fsp3) is 0.545. The van der Waals surface area contributed by atoms with Crippen molar-refractivity contribution < 1.29 is 4.74 Å². The van der Waals surface area contributed by atoms with E-state index in [-0.39, 0.29) is 0 Å². The van der Waals surface area contributed by atoms with Crippen LogP contribution in [0.15, 0.2) is 11.5 Å². The largest absolute Gasteiger partial charge is 0.492 e. The molecule has 0 unspecified atom stereocenters. The van der Waals surface area contributed by atoms with E-state index < -0.39 is 0 Å². The molecule has 0 amide bonds. The normalized spacial score (nSPS) is 21.6. The molecule has 1 aromatic rings. The highest BCUT2D eigenvalue weighted by molar-refractivity contribution is 7.09. The van der Waals surface area contributed by atoms with E-state index in [0.717, 1.165) is 36.8 Å². The van der Waals surface area contributed by atoms with Gasteiger partial charge in [-0.1, -0.05) is 0 Å². The number of ether oxygens (including phenoxy) is 1. The summed E-state index contributed by atoms with van der Waals surface area (Å²) in [5, 5.41) is 3.43. The fourth-order valence-electron chi connectivity index (χ4n) is 1.65. The van der Waals surface area contributed by atoms with E-state index in [1.807, 2.05) is 0 Å². The van der Waals surface area contributed by atoms with Crippen LogP contribution in [0.5, 0.6) is 0 Å². The van der Waals surface area contributed by atoms with Crippen LogP contribution in [-0.4, -0.2) is 11.6 Å². The Morgan fingerprint density at radius 3 is 3.07 bits per heavy atom. The van der Waals surface area contributed by atoms with Gasteiger partial charge in [-0.3, -0.25) is 0 Å². The van der Waals surface area contributed by atoms with Gasteiger partial charge in [0.15, 0.2) is 0 Å². The van der Waals surface area contributed by atoms with Gasteiger partial charge in [-0.25, -0.2) is 4.98 Å². The minimum Gasteiger partial charge on any atom is -0.492 e. The first-order chi connectivity index (χ1) is 6.93. The van der Waals surface area contributed by atoms with Crippen molar-refractivity contribution in [1.29, 1.82) is 0 Å². The topological polar surface area (TPSA) is 22.1 Å². The van der Waals surface area contributed by atoms with Crippen LogP contribution < -0.4 is 0 Å². The molecule has 0 saturated heterocycles. The van der Waals surface area contributed by atoms with E-state index in [1.165, 1.54) is 17.8 Å². The van der Waals surface area contributed by atoms with Gasteiger partial charge < -0.3 is 4.74 Å². The van der Waals surface area contributed by atoms with Crippen molar-refractivity contribution in [2.75, 3.05) is 6.61 Å². The lowest BCUT2D eigenvalue weighted by Crippen LogP contribution is -2.00. The van der Waals surface area contributed by atoms with Crippen LogP contribution in [0, 0.1) is 0 Å². The number of nitrogens with zero attached hydrogens (tertiary/aromatic N) is 1. The summed E-state index contributed by atoms with van der Waals surface area (Å²) in [7, 11) is 0. The molecule has 0 spiro atoms. The Morgan fingerprint density at radius 2 is 2.36 bits per heavy atom. The van der Waals surface area contributed by atoms with Crippen molar-refractivity contribution >= 4 is 17.1 Å². The maximum Gasteiger partial charge on any atom is 0.141 e. The molecule has 3 rings (SSSR count). The number of aromatic nitrogens is 1. The van der Waals surface area contributed by atoms with Crippen LogP contribution in [0.1, 0.15) is 42.3 Å². The average molecular weight is 207 g/mol. The molecule has 2 heterocycles. The minimum atomic E-state index is 0.762. The van der Waals surface area contributed by atoms with E-state index >= 15 is 0 Å². The maximum absolute atomic E-state index is 5.58. The van der Waals surface area contributed by atoms with Crippen molar-refractivity contribution in [3.8, 4) is 0 Å². The van der Waals surface area contributed by atoms with Crippen molar-refractivity contribution in [1.82, 2.24) is 4.98 Å². The smallest absolute Gasteiger partial charge is 0.141 e. The highest BCUT2D eigenvalue weighted by Crippen LogP contribution is 2.42. The third-order valence-corrected chi connectivity index (χ3v) is 3.64. The number of allylic oxidation sites excluding steroid dienone is 1. The summed E-state index contributed by atoms with van der Waals surface area (Å²) >= 11 is 1.78. The highest BCUT2D eigenvalue weighted by atomic mass is 32.1. The first kappa shape index (κ1) is 8.48. The molecule has 3 heteroatoms. The third kappa shape index (κ3) is 1.57. The number of hydrogen-bond acceptors (Lipinski definition) is 3. The first-order valence-corrected chi connectivity index (χ1v) is 6.10. The van der Waals surface area contributed by atoms with Crippen molar-refractivity contribution in [2.24, 2.45) is 0 Å². The Morgan fingerprint density at radius 1 is 1.43 bits per heavy atom. The van der Waals surface area contributed by atoms with E-state index in [4.69, 9.17) is 4.74 Å². The second-order valence-corrected chi connectivity index (χ2v) is 4.79. The van der Waals surface area contributed by atoms with Gasteiger partial charge in [0.05, 0.1) is 11.6 Å². The van der Waals surface area contributed by atoms with Gasteiger partial charge in [0.1, 0.15) is 11.5 Å². The molecule has 0 aromatic carbocycles. The summed E-state index contributed by atoms with van der Waals surface area (Å²) < 4.78 is 5.58. The van der Waals surface area contributed by atoms with Gasteiger partial charge in [0, 0.05) is 11.3 Å². The van der Waals surface area contributed by atoms with Crippen LogP contribution in [0.25, 0.3) is 5.76 Å². The molecule has 1 saturated carbocycles. The quantitative estimate of drug-likeness (QED) is 0.743. The van der Waals surface area contributed by atoms with Crippen LogP contribution >= 0.6 is 11.3 Å². The molecule has 2 aliphatic rings. The van der Waals surface area contributed by atoms with E-state index in [9.17, 15) is 0 Å². The van der Waals surface area contributed by atoms with Crippen LogP contribution in [-0.2, 0) is 4.74 Å². The van der Waals surface area contributed by atoms with Crippen LogP contribution in [0.2, 0.25) is 0 Å². The lowest BCUT2D eigenvalue weighted by atomic mass is 10.2. The van der Waals surface area contributed by atoms with Gasteiger partial charge in [-0.05, 0) is 31.8 Å². The SMILES string of the molecule is C1=C(c2csc(C3CC3)n2)OCCC1. The summed E-state index contributed by atoms with van der Waals surface area (Å²) in [5.41, 5.74) is 1.05. The van der Waals surface area contributed by atoms with E-state index in [1.54, 1.807) is 11.3 Å². The zero-order chi connectivity index (χ0) is 9.38. The summed E-state index contributed by atoms with van der Waals surface area (Å²) in [5.74, 6) is 1.76.